The van der Waals surface area contributed by atoms with E-state index in [1.165, 1.54) is 0 Å². The normalized spacial score (nSPS) is 20.8. The van der Waals surface area contributed by atoms with Crippen molar-refractivity contribution in [3.63, 3.8) is 0 Å². The van der Waals surface area contributed by atoms with E-state index < -0.39 is 5.41 Å². The minimum absolute atomic E-state index is 0.00960. The molecule has 1 fully saturated rings. The topological polar surface area (TPSA) is 66.6 Å². The van der Waals surface area contributed by atoms with Crippen molar-refractivity contribution in [1.29, 1.82) is 0 Å². The van der Waals surface area contributed by atoms with Gasteiger partial charge in [-0.05, 0) is 25.7 Å². The Morgan fingerprint density at radius 1 is 1.25 bits per heavy atom. The molecule has 1 unspecified atom stereocenters. The van der Waals surface area contributed by atoms with Crippen LogP contribution in [0.4, 0.5) is 0 Å². The van der Waals surface area contributed by atoms with Crippen molar-refractivity contribution in [2.24, 2.45) is 11.1 Å². The van der Waals surface area contributed by atoms with Crippen LogP contribution >= 0.6 is 0 Å². The highest BCUT2D eigenvalue weighted by atomic mass is 16.3. The summed E-state index contributed by atoms with van der Waals surface area (Å²) in [4.78, 5) is 15.0. The first kappa shape index (κ1) is 17.4. The van der Waals surface area contributed by atoms with Crippen LogP contribution in [0.2, 0.25) is 0 Å². The number of nitrogens with two attached hydrogens (primary N) is 1. The maximum atomic E-state index is 13.1. The Bertz CT molecular complexity index is 288. The number of aliphatic hydroxyl groups is 1. The average molecular weight is 284 g/mol. The smallest absolute Gasteiger partial charge is 0.230 e. The molecule has 1 saturated heterocycles. The van der Waals surface area contributed by atoms with E-state index in [-0.39, 0.29) is 18.6 Å². The summed E-state index contributed by atoms with van der Waals surface area (Å²) in [6, 6.07) is -0.00960. The third-order valence-electron chi connectivity index (χ3n) is 4.65. The van der Waals surface area contributed by atoms with Crippen LogP contribution in [0.15, 0.2) is 0 Å². The van der Waals surface area contributed by atoms with Crippen molar-refractivity contribution >= 4 is 5.91 Å². The molecular weight excluding hydrogens is 252 g/mol. The molecule has 1 aliphatic heterocycles. The summed E-state index contributed by atoms with van der Waals surface area (Å²) >= 11 is 0. The Kier molecular flexibility index (Phi) is 7.52. The first-order chi connectivity index (χ1) is 9.65. The summed E-state index contributed by atoms with van der Waals surface area (Å²) < 4.78 is 0. The second kappa shape index (κ2) is 8.63. The van der Waals surface area contributed by atoms with Crippen LogP contribution in [0.5, 0.6) is 0 Å². The number of hydrogen-bond donors (Lipinski definition) is 2. The number of aliphatic hydroxyl groups excluding tert-OH is 1. The molecule has 1 rings (SSSR count). The van der Waals surface area contributed by atoms with E-state index in [2.05, 4.69) is 13.8 Å². The molecular formula is C16H32N2O2. The largest absolute Gasteiger partial charge is 0.394 e. The SMILES string of the molecule is CCCC(CN)(CCC)C(=O)N1CCCCCC1CO. The zero-order chi connectivity index (χ0) is 15.0. The number of amides is 1. The molecule has 1 aliphatic rings. The van der Waals surface area contributed by atoms with E-state index in [1.54, 1.807) is 0 Å². The van der Waals surface area contributed by atoms with E-state index in [0.717, 1.165) is 57.9 Å². The van der Waals surface area contributed by atoms with Crippen molar-refractivity contribution < 1.29 is 9.90 Å². The van der Waals surface area contributed by atoms with Crippen LogP contribution in [-0.2, 0) is 4.79 Å². The number of nitrogens with zero attached hydrogens (tertiary/aromatic N) is 1. The van der Waals surface area contributed by atoms with Crippen molar-refractivity contribution in [2.45, 2.75) is 71.3 Å². The van der Waals surface area contributed by atoms with Crippen LogP contribution < -0.4 is 5.73 Å². The summed E-state index contributed by atoms with van der Waals surface area (Å²) in [7, 11) is 0. The van der Waals surface area contributed by atoms with E-state index in [4.69, 9.17) is 5.73 Å². The van der Waals surface area contributed by atoms with E-state index >= 15 is 0 Å². The number of hydrogen-bond acceptors (Lipinski definition) is 3. The molecule has 0 aliphatic carbocycles. The van der Waals surface area contributed by atoms with Crippen molar-refractivity contribution in [3.05, 3.63) is 0 Å². The fraction of sp³-hybridized carbons (Fsp3) is 0.938. The van der Waals surface area contributed by atoms with Gasteiger partial charge in [-0.3, -0.25) is 4.79 Å². The summed E-state index contributed by atoms with van der Waals surface area (Å²) in [5, 5.41) is 9.61. The number of carbonyl (C=O) groups is 1. The third-order valence-corrected chi connectivity index (χ3v) is 4.65. The molecule has 0 spiro atoms. The van der Waals surface area contributed by atoms with Gasteiger partial charge in [0.05, 0.1) is 18.1 Å². The zero-order valence-electron chi connectivity index (χ0n) is 13.2. The molecule has 1 heterocycles. The van der Waals surface area contributed by atoms with E-state index in [0.29, 0.717) is 6.54 Å². The van der Waals surface area contributed by atoms with Gasteiger partial charge < -0.3 is 15.7 Å². The summed E-state index contributed by atoms with van der Waals surface area (Å²) in [6.07, 6.45) is 7.86. The summed E-state index contributed by atoms with van der Waals surface area (Å²) in [6.45, 7) is 5.49. The number of likely N-dealkylation sites (tertiary alicyclic amines) is 1. The van der Waals surface area contributed by atoms with Gasteiger partial charge in [-0.25, -0.2) is 0 Å². The van der Waals surface area contributed by atoms with Gasteiger partial charge in [0, 0.05) is 13.1 Å². The monoisotopic (exact) mass is 284 g/mol. The van der Waals surface area contributed by atoms with Crippen LogP contribution in [-0.4, -0.2) is 41.7 Å². The average Bonchev–Trinajstić information content (AvgIpc) is 2.71. The third kappa shape index (κ3) is 3.95. The molecule has 4 heteroatoms. The fourth-order valence-electron chi connectivity index (χ4n) is 3.53. The van der Waals surface area contributed by atoms with Crippen molar-refractivity contribution in [2.75, 3.05) is 19.7 Å². The van der Waals surface area contributed by atoms with Gasteiger partial charge in [-0.1, -0.05) is 39.5 Å². The minimum Gasteiger partial charge on any atom is -0.394 e. The van der Waals surface area contributed by atoms with Crippen molar-refractivity contribution in [3.8, 4) is 0 Å². The van der Waals surface area contributed by atoms with Gasteiger partial charge in [-0.2, -0.15) is 0 Å². The molecule has 20 heavy (non-hydrogen) atoms. The first-order valence-electron chi connectivity index (χ1n) is 8.27. The first-order valence-corrected chi connectivity index (χ1v) is 8.27. The maximum absolute atomic E-state index is 13.1. The molecule has 4 nitrogen and oxygen atoms in total. The molecule has 0 aromatic carbocycles. The second-order valence-electron chi connectivity index (χ2n) is 6.17. The molecule has 0 aromatic heterocycles. The summed E-state index contributed by atoms with van der Waals surface area (Å²) in [5.41, 5.74) is 5.59. The minimum atomic E-state index is -0.415. The highest BCUT2D eigenvalue weighted by molar-refractivity contribution is 5.83. The predicted molar refractivity (Wildman–Crippen MR) is 82.4 cm³/mol. The lowest BCUT2D eigenvalue weighted by Crippen LogP contribution is -2.52. The molecule has 0 saturated carbocycles. The summed E-state index contributed by atoms with van der Waals surface area (Å²) in [5.74, 6) is 0.185. The van der Waals surface area contributed by atoms with Gasteiger partial charge in [0.15, 0.2) is 0 Å². The highest BCUT2D eigenvalue weighted by Gasteiger charge is 2.40. The van der Waals surface area contributed by atoms with Crippen LogP contribution in [0.1, 0.15) is 65.2 Å². The van der Waals surface area contributed by atoms with Gasteiger partial charge in [0.2, 0.25) is 5.91 Å². The Morgan fingerprint density at radius 2 is 1.90 bits per heavy atom. The zero-order valence-corrected chi connectivity index (χ0v) is 13.2. The number of rotatable bonds is 7. The lowest BCUT2D eigenvalue weighted by Gasteiger charge is -2.39. The Labute approximate surface area is 123 Å². The highest BCUT2D eigenvalue weighted by Crippen LogP contribution is 2.33. The number of carbonyl (C=O) groups excluding carboxylic acids is 1. The molecule has 3 N–H and O–H groups in total. The molecule has 1 atom stereocenters. The van der Waals surface area contributed by atoms with Crippen molar-refractivity contribution in [1.82, 2.24) is 4.90 Å². The van der Waals surface area contributed by atoms with E-state index in [9.17, 15) is 9.90 Å². The standard InChI is InChI=1S/C16H32N2O2/c1-3-9-16(13-17,10-4-2)15(20)18-11-7-5-6-8-14(18)12-19/h14,19H,3-13,17H2,1-2H3. The molecule has 1 amide bonds. The van der Waals surface area contributed by atoms with E-state index in [1.807, 2.05) is 4.90 Å². The predicted octanol–water partition coefficient (Wildman–Crippen LogP) is 2.30. The maximum Gasteiger partial charge on any atom is 0.230 e. The Balaban J connectivity index is 2.95. The molecule has 0 radical (unpaired) electrons. The van der Waals surface area contributed by atoms with Gasteiger partial charge in [-0.15, -0.1) is 0 Å². The quantitative estimate of drug-likeness (QED) is 0.754. The Morgan fingerprint density at radius 3 is 2.40 bits per heavy atom. The van der Waals surface area contributed by atoms with Crippen LogP contribution in [0.25, 0.3) is 0 Å². The van der Waals surface area contributed by atoms with Gasteiger partial charge >= 0.3 is 0 Å². The second-order valence-corrected chi connectivity index (χ2v) is 6.17. The van der Waals surface area contributed by atoms with Gasteiger partial charge in [0.25, 0.3) is 0 Å². The van der Waals surface area contributed by atoms with Crippen LogP contribution in [0, 0.1) is 5.41 Å². The Hall–Kier alpha value is -0.610. The van der Waals surface area contributed by atoms with Gasteiger partial charge in [0.1, 0.15) is 0 Å². The molecule has 0 bridgehead atoms. The van der Waals surface area contributed by atoms with Crippen LogP contribution in [0.3, 0.4) is 0 Å². The fourth-order valence-corrected chi connectivity index (χ4v) is 3.53. The molecule has 118 valence electrons. The lowest BCUT2D eigenvalue weighted by atomic mass is 9.77. The molecule has 0 aromatic rings. The lowest BCUT2D eigenvalue weighted by molar-refractivity contribution is -0.146.